The van der Waals surface area contributed by atoms with E-state index in [1.54, 1.807) is 72.7 Å². The number of amides is 3. The number of carbonyl (C=O) groups excluding carboxylic acids is 5. The standard InChI is InChI=1S/C37H50F3N5O8/c1-10-51-31(48)29(43-30(47)15-22(2)3)19-23-11-13-26(14-12-23)41-28(21-46)18-24-16-25(37(38,39)40)20-27(17-24)42-32(44-33(49)52-35(4,5)6)45-34(50)53-36(7,8)9/h11-14,16-17,20-22,28-29,41H,10,15,18-19H2,1-9H3,(H,43,47)(H2,42,44,45,49,50). The van der Waals surface area contributed by atoms with Crippen LogP contribution in [0.15, 0.2) is 47.5 Å². The molecule has 2 rings (SSSR count). The molecule has 0 aliphatic carbocycles. The largest absolute Gasteiger partial charge is 0.464 e. The maximum atomic E-state index is 14.0. The minimum absolute atomic E-state index is 0.0584. The van der Waals surface area contributed by atoms with E-state index in [-0.39, 0.29) is 48.9 Å². The summed E-state index contributed by atoms with van der Waals surface area (Å²) in [6, 6.07) is 7.55. The summed E-state index contributed by atoms with van der Waals surface area (Å²) >= 11 is 0. The lowest BCUT2D eigenvalue weighted by atomic mass is 10.0. The molecule has 0 radical (unpaired) electrons. The summed E-state index contributed by atoms with van der Waals surface area (Å²) in [6.45, 7) is 15.1. The number of nitrogens with zero attached hydrogens (tertiary/aromatic N) is 1. The normalized spacial score (nSPS) is 12.8. The molecule has 2 unspecified atom stereocenters. The van der Waals surface area contributed by atoms with Crippen molar-refractivity contribution in [3.05, 3.63) is 59.2 Å². The molecule has 0 aliphatic heterocycles. The summed E-state index contributed by atoms with van der Waals surface area (Å²) < 4.78 is 57.6. The van der Waals surface area contributed by atoms with Crippen LogP contribution in [0.4, 0.5) is 34.1 Å². The van der Waals surface area contributed by atoms with E-state index in [4.69, 9.17) is 14.2 Å². The number of alkyl carbamates (subject to hydrolysis) is 2. The number of halogens is 3. The fourth-order valence-corrected chi connectivity index (χ4v) is 4.67. The molecule has 0 spiro atoms. The molecule has 0 heterocycles. The topological polar surface area (TPSA) is 174 Å². The fraction of sp³-hybridized carbons (Fsp3) is 0.514. The van der Waals surface area contributed by atoms with Gasteiger partial charge in [-0.25, -0.2) is 19.4 Å². The molecular formula is C37H50F3N5O8. The van der Waals surface area contributed by atoms with Crippen molar-refractivity contribution >= 4 is 47.7 Å². The Kier molecular flexibility index (Phi) is 15.8. The van der Waals surface area contributed by atoms with E-state index in [2.05, 4.69) is 26.3 Å². The third-order valence-electron chi connectivity index (χ3n) is 6.65. The third-order valence-corrected chi connectivity index (χ3v) is 6.65. The molecule has 13 nitrogen and oxygen atoms in total. The van der Waals surface area contributed by atoms with Crippen molar-refractivity contribution in [2.45, 2.75) is 111 Å². The van der Waals surface area contributed by atoms with Crippen LogP contribution in [-0.2, 0) is 47.6 Å². The van der Waals surface area contributed by atoms with Gasteiger partial charge in [0.25, 0.3) is 0 Å². The number of carbonyl (C=O) groups is 5. The lowest BCUT2D eigenvalue weighted by Crippen LogP contribution is -2.47. The molecule has 0 bridgehead atoms. The number of aliphatic imine (C=N–C) groups is 1. The van der Waals surface area contributed by atoms with Gasteiger partial charge in [-0.15, -0.1) is 0 Å². The molecule has 0 fully saturated rings. The van der Waals surface area contributed by atoms with Crippen molar-refractivity contribution in [2.75, 3.05) is 11.9 Å². The number of guanidine groups is 1. The van der Waals surface area contributed by atoms with Crippen LogP contribution < -0.4 is 21.3 Å². The monoisotopic (exact) mass is 749 g/mol. The first-order chi connectivity index (χ1) is 24.5. The Balaban J connectivity index is 2.36. The molecule has 292 valence electrons. The number of benzene rings is 2. The van der Waals surface area contributed by atoms with Crippen LogP contribution in [0.3, 0.4) is 0 Å². The number of anilines is 1. The number of alkyl halides is 3. The first-order valence-corrected chi connectivity index (χ1v) is 17.0. The molecule has 53 heavy (non-hydrogen) atoms. The van der Waals surface area contributed by atoms with E-state index in [0.717, 1.165) is 6.07 Å². The van der Waals surface area contributed by atoms with Crippen molar-refractivity contribution in [1.82, 2.24) is 16.0 Å². The molecule has 2 aromatic carbocycles. The lowest BCUT2D eigenvalue weighted by Gasteiger charge is -2.22. The zero-order valence-corrected chi connectivity index (χ0v) is 31.5. The molecule has 3 amide bonds. The van der Waals surface area contributed by atoms with E-state index in [0.29, 0.717) is 23.6 Å². The first-order valence-electron chi connectivity index (χ1n) is 17.0. The van der Waals surface area contributed by atoms with Gasteiger partial charge in [0, 0.05) is 18.5 Å². The number of esters is 1. The Morgan fingerprint density at radius 3 is 1.87 bits per heavy atom. The van der Waals surface area contributed by atoms with Gasteiger partial charge in [0.05, 0.1) is 23.9 Å². The number of hydrogen-bond donors (Lipinski definition) is 4. The number of hydrogen-bond acceptors (Lipinski definition) is 10. The molecule has 0 aliphatic rings. The van der Waals surface area contributed by atoms with Crippen LogP contribution in [0.25, 0.3) is 0 Å². The van der Waals surface area contributed by atoms with Crippen molar-refractivity contribution in [1.29, 1.82) is 0 Å². The van der Waals surface area contributed by atoms with Gasteiger partial charge >= 0.3 is 24.3 Å². The number of rotatable bonds is 13. The highest BCUT2D eigenvalue weighted by Crippen LogP contribution is 2.33. The van der Waals surface area contributed by atoms with Gasteiger partial charge in [0.15, 0.2) is 0 Å². The Morgan fingerprint density at radius 1 is 0.830 bits per heavy atom. The summed E-state index contributed by atoms with van der Waals surface area (Å²) in [5.41, 5.74) is -2.09. The second-order valence-electron chi connectivity index (χ2n) is 14.6. The minimum Gasteiger partial charge on any atom is -0.464 e. The fourth-order valence-electron chi connectivity index (χ4n) is 4.67. The van der Waals surface area contributed by atoms with Crippen LogP contribution in [0, 0.1) is 5.92 Å². The lowest BCUT2D eigenvalue weighted by molar-refractivity contribution is -0.147. The average molecular weight is 750 g/mol. The van der Waals surface area contributed by atoms with Gasteiger partial charge < -0.3 is 29.6 Å². The van der Waals surface area contributed by atoms with Crippen molar-refractivity contribution in [3.8, 4) is 0 Å². The smallest absolute Gasteiger partial charge is 0.416 e. The maximum Gasteiger partial charge on any atom is 0.416 e. The Bertz CT molecular complexity index is 1580. The third kappa shape index (κ3) is 17.3. The van der Waals surface area contributed by atoms with Crippen LogP contribution in [0.1, 0.15) is 85.4 Å². The van der Waals surface area contributed by atoms with Crippen molar-refractivity contribution in [3.63, 3.8) is 0 Å². The molecular weight excluding hydrogens is 699 g/mol. The van der Waals surface area contributed by atoms with Crippen molar-refractivity contribution in [2.24, 2.45) is 10.9 Å². The summed E-state index contributed by atoms with van der Waals surface area (Å²) in [4.78, 5) is 66.1. The van der Waals surface area contributed by atoms with Gasteiger partial charge in [-0.1, -0.05) is 26.0 Å². The van der Waals surface area contributed by atoms with Crippen LogP contribution >= 0.6 is 0 Å². The molecule has 0 saturated heterocycles. The Labute approximate surface area is 307 Å². The van der Waals surface area contributed by atoms with E-state index in [1.165, 1.54) is 6.07 Å². The summed E-state index contributed by atoms with van der Waals surface area (Å²) in [5, 5.41) is 10.1. The van der Waals surface area contributed by atoms with E-state index in [1.807, 2.05) is 13.8 Å². The maximum absolute atomic E-state index is 14.0. The van der Waals surface area contributed by atoms with Gasteiger partial charge in [-0.3, -0.25) is 15.4 Å². The average Bonchev–Trinajstić information content (AvgIpc) is 2.98. The zero-order valence-electron chi connectivity index (χ0n) is 31.5. The Hall–Kier alpha value is -5.15. The highest BCUT2D eigenvalue weighted by atomic mass is 19.4. The SMILES string of the molecule is CCOC(=O)C(Cc1ccc(NC(C=O)Cc2cc(N=C(NC(=O)OC(C)(C)C)NC(=O)OC(C)(C)C)cc(C(F)(F)F)c2)cc1)NC(=O)CC(C)C. The summed E-state index contributed by atoms with van der Waals surface area (Å²) in [5.74, 6) is -1.34. The number of ether oxygens (including phenoxy) is 3. The van der Waals surface area contributed by atoms with E-state index in [9.17, 15) is 37.1 Å². The second kappa shape index (κ2) is 19.1. The second-order valence-corrected chi connectivity index (χ2v) is 14.6. The van der Waals surface area contributed by atoms with Crippen LogP contribution in [0.5, 0.6) is 0 Å². The highest BCUT2D eigenvalue weighted by Gasteiger charge is 2.32. The predicted octanol–water partition coefficient (Wildman–Crippen LogP) is 6.60. The molecule has 0 aromatic heterocycles. The molecule has 2 atom stereocenters. The van der Waals surface area contributed by atoms with Gasteiger partial charge in [-0.05, 0) is 102 Å². The summed E-state index contributed by atoms with van der Waals surface area (Å²) in [6.07, 6.45) is -6.19. The quantitative estimate of drug-likeness (QED) is 0.0579. The van der Waals surface area contributed by atoms with Gasteiger partial charge in [0.2, 0.25) is 11.9 Å². The van der Waals surface area contributed by atoms with E-state index < -0.39 is 59.1 Å². The minimum atomic E-state index is -4.81. The van der Waals surface area contributed by atoms with E-state index >= 15 is 0 Å². The van der Waals surface area contributed by atoms with Crippen LogP contribution in [0.2, 0.25) is 0 Å². The summed E-state index contributed by atoms with van der Waals surface area (Å²) in [7, 11) is 0. The molecule has 2 aromatic rings. The van der Waals surface area contributed by atoms with Gasteiger partial charge in [0.1, 0.15) is 23.5 Å². The van der Waals surface area contributed by atoms with Crippen molar-refractivity contribution < 1.29 is 51.4 Å². The first kappa shape index (κ1) is 44.0. The van der Waals surface area contributed by atoms with Gasteiger partial charge in [-0.2, -0.15) is 13.2 Å². The number of nitrogens with one attached hydrogen (secondary N) is 4. The molecule has 0 saturated carbocycles. The number of aldehydes is 1. The Morgan fingerprint density at radius 2 is 1.40 bits per heavy atom. The molecule has 4 N–H and O–H groups in total. The molecule has 16 heteroatoms. The predicted molar refractivity (Wildman–Crippen MR) is 193 cm³/mol. The highest BCUT2D eigenvalue weighted by molar-refractivity contribution is 6.02. The van der Waals surface area contributed by atoms with Crippen LogP contribution in [-0.4, -0.2) is 66.2 Å². The zero-order chi connectivity index (χ0) is 40.1.